The zero-order chi connectivity index (χ0) is 13.6. The van der Waals surface area contributed by atoms with E-state index >= 15 is 0 Å². The van der Waals surface area contributed by atoms with Gasteiger partial charge in [-0.15, -0.1) is 0 Å². The summed E-state index contributed by atoms with van der Waals surface area (Å²) in [6.45, 7) is 0. The van der Waals surface area contributed by atoms with Crippen LogP contribution in [0.5, 0.6) is 11.5 Å². The summed E-state index contributed by atoms with van der Waals surface area (Å²) < 4.78 is 12.4. The predicted molar refractivity (Wildman–Crippen MR) is 81.4 cm³/mol. The van der Waals surface area contributed by atoms with E-state index < -0.39 is 0 Å². The Hall–Kier alpha value is -1.18. The van der Waals surface area contributed by atoms with Gasteiger partial charge in [0.15, 0.2) is 11.5 Å². The SMILES string of the molecule is c1ccc(OC2CCCCC2)c(OC2CCCCC2)c1. The van der Waals surface area contributed by atoms with Gasteiger partial charge in [-0.25, -0.2) is 0 Å². The van der Waals surface area contributed by atoms with E-state index in [1.807, 2.05) is 12.1 Å². The number of benzene rings is 1. The summed E-state index contributed by atoms with van der Waals surface area (Å²) in [6, 6.07) is 8.22. The van der Waals surface area contributed by atoms with Crippen molar-refractivity contribution in [3.8, 4) is 11.5 Å². The fourth-order valence-electron chi connectivity index (χ4n) is 3.37. The Morgan fingerprint density at radius 1 is 0.600 bits per heavy atom. The first-order chi connectivity index (χ1) is 9.92. The molecule has 2 aliphatic carbocycles. The molecule has 0 aromatic heterocycles. The molecule has 0 bridgehead atoms. The Balaban J connectivity index is 1.63. The minimum Gasteiger partial charge on any atom is -0.487 e. The molecule has 0 aliphatic heterocycles. The number of rotatable bonds is 4. The Bertz CT molecular complexity index is 365. The van der Waals surface area contributed by atoms with E-state index in [0.717, 1.165) is 11.5 Å². The van der Waals surface area contributed by atoms with Crippen LogP contribution >= 0.6 is 0 Å². The minimum absolute atomic E-state index is 0.389. The maximum absolute atomic E-state index is 6.20. The van der Waals surface area contributed by atoms with Crippen LogP contribution in [0.3, 0.4) is 0 Å². The van der Waals surface area contributed by atoms with Gasteiger partial charge in [0.05, 0.1) is 12.2 Å². The number of hydrogen-bond donors (Lipinski definition) is 0. The van der Waals surface area contributed by atoms with Gasteiger partial charge in [-0.3, -0.25) is 0 Å². The van der Waals surface area contributed by atoms with E-state index in [0.29, 0.717) is 12.2 Å². The highest BCUT2D eigenvalue weighted by Crippen LogP contribution is 2.33. The summed E-state index contributed by atoms with van der Waals surface area (Å²) in [6.07, 6.45) is 13.5. The van der Waals surface area contributed by atoms with Crippen LogP contribution < -0.4 is 9.47 Å². The molecular weight excluding hydrogens is 248 g/mol. The maximum atomic E-state index is 6.20. The number of para-hydroxylation sites is 2. The highest BCUT2D eigenvalue weighted by atomic mass is 16.5. The molecule has 0 saturated heterocycles. The molecule has 0 unspecified atom stereocenters. The molecule has 0 N–H and O–H groups in total. The van der Waals surface area contributed by atoms with Gasteiger partial charge in [0.25, 0.3) is 0 Å². The molecule has 2 nitrogen and oxygen atoms in total. The third kappa shape index (κ3) is 3.68. The zero-order valence-corrected chi connectivity index (χ0v) is 12.4. The fourth-order valence-corrected chi connectivity index (χ4v) is 3.37. The predicted octanol–water partition coefficient (Wildman–Crippen LogP) is 5.11. The lowest BCUT2D eigenvalue weighted by Gasteiger charge is -2.27. The molecule has 3 rings (SSSR count). The molecule has 0 radical (unpaired) electrons. The highest BCUT2D eigenvalue weighted by Gasteiger charge is 2.19. The van der Waals surface area contributed by atoms with Gasteiger partial charge in [0.2, 0.25) is 0 Å². The van der Waals surface area contributed by atoms with Gasteiger partial charge in [-0.05, 0) is 63.5 Å². The second kappa shape index (κ2) is 7.01. The van der Waals surface area contributed by atoms with Crippen molar-refractivity contribution < 1.29 is 9.47 Å². The van der Waals surface area contributed by atoms with Crippen LogP contribution in [0.1, 0.15) is 64.2 Å². The van der Waals surface area contributed by atoms with Crippen LogP contribution in [0.15, 0.2) is 24.3 Å². The highest BCUT2D eigenvalue weighted by molar-refractivity contribution is 5.39. The van der Waals surface area contributed by atoms with Crippen molar-refractivity contribution in [2.24, 2.45) is 0 Å². The van der Waals surface area contributed by atoms with Crippen molar-refractivity contribution in [1.29, 1.82) is 0 Å². The molecule has 0 amide bonds. The fraction of sp³-hybridized carbons (Fsp3) is 0.667. The topological polar surface area (TPSA) is 18.5 Å². The average Bonchev–Trinajstić information content (AvgIpc) is 2.51. The molecule has 0 spiro atoms. The van der Waals surface area contributed by atoms with Gasteiger partial charge in [0, 0.05) is 0 Å². The van der Waals surface area contributed by atoms with Crippen LogP contribution in [0.4, 0.5) is 0 Å². The molecule has 1 aromatic carbocycles. The lowest BCUT2D eigenvalue weighted by Crippen LogP contribution is -2.22. The molecule has 1 aromatic rings. The number of hydrogen-bond acceptors (Lipinski definition) is 2. The van der Waals surface area contributed by atoms with Gasteiger partial charge in [0.1, 0.15) is 0 Å². The Labute approximate surface area is 122 Å². The maximum Gasteiger partial charge on any atom is 0.161 e. The van der Waals surface area contributed by atoms with Crippen LogP contribution in [0, 0.1) is 0 Å². The van der Waals surface area contributed by atoms with Gasteiger partial charge < -0.3 is 9.47 Å². The normalized spacial score (nSPS) is 21.6. The second-order valence-electron chi connectivity index (χ2n) is 6.20. The molecule has 2 aliphatic rings. The van der Waals surface area contributed by atoms with Crippen molar-refractivity contribution in [2.75, 3.05) is 0 Å². The summed E-state index contributed by atoms with van der Waals surface area (Å²) in [5, 5.41) is 0. The van der Waals surface area contributed by atoms with Gasteiger partial charge in [-0.1, -0.05) is 25.0 Å². The van der Waals surface area contributed by atoms with Crippen LogP contribution in [-0.4, -0.2) is 12.2 Å². The summed E-state index contributed by atoms with van der Waals surface area (Å²) in [5.41, 5.74) is 0. The van der Waals surface area contributed by atoms with Crippen LogP contribution in [0.25, 0.3) is 0 Å². The van der Waals surface area contributed by atoms with Crippen molar-refractivity contribution >= 4 is 0 Å². The van der Waals surface area contributed by atoms with Crippen molar-refractivity contribution in [3.05, 3.63) is 24.3 Å². The Kier molecular flexibility index (Phi) is 4.83. The Morgan fingerprint density at radius 2 is 1.00 bits per heavy atom. The largest absolute Gasteiger partial charge is 0.487 e. The first kappa shape index (κ1) is 13.8. The molecule has 2 saturated carbocycles. The quantitative estimate of drug-likeness (QED) is 0.759. The smallest absolute Gasteiger partial charge is 0.161 e. The monoisotopic (exact) mass is 274 g/mol. The van der Waals surface area contributed by atoms with Crippen LogP contribution in [0.2, 0.25) is 0 Å². The van der Waals surface area contributed by atoms with Crippen molar-refractivity contribution in [3.63, 3.8) is 0 Å². The van der Waals surface area contributed by atoms with E-state index in [-0.39, 0.29) is 0 Å². The van der Waals surface area contributed by atoms with E-state index in [1.54, 1.807) is 0 Å². The molecule has 2 fully saturated rings. The Morgan fingerprint density at radius 3 is 1.40 bits per heavy atom. The third-order valence-electron chi connectivity index (χ3n) is 4.54. The molecule has 0 heterocycles. The molecule has 110 valence electrons. The van der Waals surface area contributed by atoms with Crippen molar-refractivity contribution in [2.45, 2.75) is 76.4 Å². The molecular formula is C18H26O2. The molecule has 20 heavy (non-hydrogen) atoms. The van der Waals surface area contributed by atoms with Crippen molar-refractivity contribution in [1.82, 2.24) is 0 Å². The minimum atomic E-state index is 0.389. The van der Waals surface area contributed by atoms with Gasteiger partial charge in [-0.2, -0.15) is 0 Å². The summed E-state index contributed by atoms with van der Waals surface area (Å²) in [4.78, 5) is 0. The zero-order valence-electron chi connectivity index (χ0n) is 12.4. The first-order valence-electron chi connectivity index (χ1n) is 8.34. The molecule has 2 heteroatoms. The summed E-state index contributed by atoms with van der Waals surface area (Å²) >= 11 is 0. The first-order valence-corrected chi connectivity index (χ1v) is 8.34. The summed E-state index contributed by atoms with van der Waals surface area (Å²) in [7, 11) is 0. The standard InChI is InChI=1S/C18H26O2/c1-3-9-15(10-4-1)19-17-13-7-8-14-18(17)20-16-11-5-2-6-12-16/h7-8,13-16H,1-6,9-12H2. The van der Waals surface area contributed by atoms with E-state index in [2.05, 4.69) is 12.1 Å². The molecule has 0 atom stereocenters. The second-order valence-corrected chi connectivity index (χ2v) is 6.20. The lowest BCUT2D eigenvalue weighted by atomic mass is 9.97. The van der Waals surface area contributed by atoms with E-state index in [4.69, 9.17) is 9.47 Å². The van der Waals surface area contributed by atoms with E-state index in [1.165, 1.54) is 64.2 Å². The number of ether oxygens (including phenoxy) is 2. The van der Waals surface area contributed by atoms with Gasteiger partial charge >= 0.3 is 0 Å². The lowest BCUT2D eigenvalue weighted by molar-refractivity contribution is 0.123. The average molecular weight is 274 g/mol. The summed E-state index contributed by atoms with van der Waals surface area (Å²) in [5.74, 6) is 1.90. The third-order valence-corrected chi connectivity index (χ3v) is 4.54. The van der Waals surface area contributed by atoms with Crippen LogP contribution in [-0.2, 0) is 0 Å². The van der Waals surface area contributed by atoms with E-state index in [9.17, 15) is 0 Å².